The lowest BCUT2D eigenvalue weighted by Gasteiger charge is -2.58. The maximum Gasteiger partial charge on any atom is 0.326 e. The van der Waals surface area contributed by atoms with Crippen molar-refractivity contribution in [2.24, 2.45) is 0 Å². The van der Waals surface area contributed by atoms with Crippen LogP contribution in [0.3, 0.4) is 0 Å². The largest absolute Gasteiger partial charge is 0.394 e. The predicted molar refractivity (Wildman–Crippen MR) is 119 cm³/mol. The van der Waals surface area contributed by atoms with Gasteiger partial charge in [0.05, 0.1) is 24.3 Å². The minimum atomic E-state index is -0.639. The Morgan fingerprint density at radius 1 is 1.00 bits per heavy atom. The number of fused-ring (bicyclic) bond motifs is 3. The van der Waals surface area contributed by atoms with Crippen LogP contribution in [-0.2, 0) is 0 Å². The van der Waals surface area contributed by atoms with Crippen LogP contribution in [0.25, 0.3) is 0 Å². The average Bonchev–Trinajstić information content (AvgIpc) is 2.79. The molecule has 3 atom stereocenters. The number of hydrogen-bond donors (Lipinski definition) is 2. The number of nitrogens with zero attached hydrogens (tertiary/aromatic N) is 2. The molecule has 8 heteroatoms. The van der Waals surface area contributed by atoms with Gasteiger partial charge in [-0.3, -0.25) is 9.69 Å². The van der Waals surface area contributed by atoms with Gasteiger partial charge in [-0.1, -0.05) is 36.4 Å². The highest BCUT2D eigenvalue weighted by molar-refractivity contribution is 6.03. The normalized spacial score (nSPS) is 21.0. The first-order chi connectivity index (χ1) is 16.0. The van der Waals surface area contributed by atoms with Gasteiger partial charge in [-0.05, 0) is 42.0 Å². The van der Waals surface area contributed by atoms with Gasteiger partial charge in [0.2, 0.25) is 0 Å². The number of aliphatic hydroxyl groups excluding tert-OH is 1. The predicted octanol–water partition coefficient (Wildman–Crippen LogP) is 3.99. The second-order valence-electron chi connectivity index (χ2n) is 8.15. The van der Waals surface area contributed by atoms with Crippen molar-refractivity contribution in [3.05, 3.63) is 95.6 Å². The molecule has 0 saturated carbocycles. The molecule has 2 aliphatic rings. The van der Waals surface area contributed by atoms with Gasteiger partial charge in [0, 0.05) is 23.8 Å². The average molecular weight is 449 g/mol. The first-order valence-corrected chi connectivity index (χ1v) is 10.6. The summed E-state index contributed by atoms with van der Waals surface area (Å²) in [7, 11) is 0. The number of rotatable bonds is 3. The number of amides is 3. The van der Waals surface area contributed by atoms with Crippen molar-refractivity contribution in [1.82, 2.24) is 4.90 Å². The molecule has 3 amide bonds. The number of likely N-dealkylation sites (tertiary alicyclic amines) is 1. The summed E-state index contributed by atoms with van der Waals surface area (Å²) >= 11 is 0. The fourth-order valence-electron chi connectivity index (χ4n) is 4.89. The Kier molecular flexibility index (Phi) is 5.30. The van der Waals surface area contributed by atoms with Gasteiger partial charge in [-0.15, -0.1) is 0 Å². The van der Waals surface area contributed by atoms with Crippen LogP contribution in [-0.4, -0.2) is 47.2 Å². The fourth-order valence-corrected chi connectivity index (χ4v) is 4.89. The third-order valence-corrected chi connectivity index (χ3v) is 6.35. The lowest BCUT2D eigenvalue weighted by molar-refractivity contribution is -0.0244. The molecule has 3 aromatic rings. The maximum atomic E-state index is 14.3. The molecular formula is C25H21F2N3O3. The van der Waals surface area contributed by atoms with E-state index in [1.165, 1.54) is 46.2 Å². The Morgan fingerprint density at radius 2 is 1.76 bits per heavy atom. The van der Waals surface area contributed by atoms with Gasteiger partial charge in [0.25, 0.3) is 5.91 Å². The third kappa shape index (κ3) is 3.52. The molecule has 1 fully saturated rings. The molecule has 0 spiro atoms. The molecule has 168 valence electrons. The zero-order valence-electron chi connectivity index (χ0n) is 17.5. The van der Waals surface area contributed by atoms with E-state index in [0.29, 0.717) is 11.4 Å². The standard InChI is InChI=1S/C25H21F2N3O3/c26-15-6-5-7-16(12-15)28-25(33)29-13-21-23(18-9-2-4-11-20(18)29)22(14-31)30(21)24(32)17-8-1-3-10-19(17)27/h1-12,21-23,31H,13-14H2,(H,28,33)/t21-,22+,23+/m1/s1. The van der Waals surface area contributed by atoms with E-state index >= 15 is 0 Å². The summed E-state index contributed by atoms with van der Waals surface area (Å²) in [5, 5.41) is 12.8. The number of halogens is 2. The quantitative estimate of drug-likeness (QED) is 0.635. The number of anilines is 2. The van der Waals surface area contributed by atoms with E-state index in [4.69, 9.17) is 0 Å². The van der Waals surface area contributed by atoms with Gasteiger partial charge in [0.15, 0.2) is 0 Å². The number of hydrogen-bond acceptors (Lipinski definition) is 3. The molecule has 0 aromatic heterocycles. The zero-order valence-corrected chi connectivity index (χ0v) is 17.5. The molecule has 33 heavy (non-hydrogen) atoms. The number of nitrogens with one attached hydrogen (secondary N) is 1. The Hall–Kier alpha value is -3.78. The second-order valence-corrected chi connectivity index (χ2v) is 8.15. The summed E-state index contributed by atoms with van der Waals surface area (Å²) in [5.41, 5.74) is 1.70. The van der Waals surface area contributed by atoms with E-state index in [0.717, 1.165) is 5.56 Å². The molecular weight excluding hydrogens is 428 g/mol. The Bertz CT molecular complexity index is 1230. The van der Waals surface area contributed by atoms with Crippen LogP contribution < -0.4 is 10.2 Å². The molecule has 6 nitrogen and oxygen atoms in total. The summed E-state index contributed by atoms with van der Waals surface area (Å²) in [4.78, 5) is 29.3. The van der Waals surface area contributed by atoms with E-state index in [1.54, 1.807) is 24.3 Å². The van der Waals surface area contributed by atoms with Gasteiger partial charge in [-0.25, -0.2) is 13.6 Å². The molecule has 5 rings (SSSR count). The maximum absolute atomic E-state index is 14.3. The van der Waals surface area contributed by atoms with Gasteiger partial charge in [-0.2, -0.15) is 0 Å². The first-order valence-electron chi connectivity index (χ1n) is 10.6. The van der Waals surface area contributed by atoms with Crippen LogP contribution in [0.4, 0.5) is 25.0 Å². The fraction of sp³-hybridized carbons (Fsp3) is 0.200. The lowest BCUT2D eigenvalue weighted by atomic mass is 9.71. The number of urea groups is 1. The van der Waals surface area contributed by atoms with E-state index in [2.05, 4.69) is 5.32 Å². The smallest absolute Gasteiger partial charge is 0.326 e. The summed E-state index contributed by atoms with van der Waals surface area (Å²) in [6, 6.07) is 17.1. The molecule has 2 heterocycles. The van der Waals surface area contributed by atoms with Crippen LogP contribution in [0.1, 0.15) is 21.8 Å². The number of para-hydroxylation sites is 1. The van der Waals surface area contributed by atoms with Crippen molar-refractivity contribution in [2.75, 3.05) is 23.4 Å². The molecule has 0 unspecified atom stereocenters. The highest BCUT2D eigenvalue weighted by atomic mass is 19.1. The SMILES string of the molecule is O=C(Nc1cccc(F)c1)N1C[C@@H]2[C@H](c3ccccc31)[C@H](CO)N2C(=O)c1ccccc1F. The van der Waals surface area contributed by atoms with Crippen molar-refractivity contribution in [1.29, 1.82) is 0 Å². The summed E-state index contributed by atoms with van der Waals surface area (Å²) in [6.45, 7) is -0.134. The number of aliphatic hydroxyl groups is 1. The van der Waals surface area contributed by atoms with Gasteiger partial charge in [0.1, 0.15) is 11.6 Å². The van der Waals surface area contributed by atoms with Crippen LogP contribution in [0, 0.1) is 11.6 Å². The van der Waals surface area contributed by atoms with Crippen molar-refractivity contribution >= 4 is 23.3 Å². The first kappa shape index (κ1) is 21.1. The summed E-state index contributed by atoms with van der Waals surface area (Å²) in [6.07, 6.45) is 0. The topological polar surface area (TPSA) is 72.9 Å². The van der Waals surface area contributed by atoms with Crippen LogP contribution in [0.5, 0.6) is 0 Å². The second kappa shape index (κ2) is 8.29. The highest BCUT2D eigenvalue weighted by Crippen LogP contribution is 2.48. The molecule has 0 radical (unpaired) electrons. The van der Waals surface area contributed by atoms with Crippen molar-refractivity contribution in [3.8, 4) is 0 Å². The van der Waals surface area contributed by atoms with Crippen LogP contribution in [0.2, 0.25) is 0 Å². The monoisotopic (exact) mass is 449 g/mol. The van der Waals surface area contributed by atoms with E-state index in [-0.39, 0.29) is 24.6 Å². The zero-order chi connectivity index (χ0) is 23.1. The molecule has 3 aromatic carbocycles. The van der Waals surface area contributed by atoms with Crippen molar-refractivity contribution in [2.45, 2.75) is 18.0 Å². The third-order valence-electron chi connectivity index (χ3n) is 6.35. The Labute approximate surface area is 189 Å². The Morgan fingerprint density at radius 3 is 2.52 bits per heavy atom. The summed E-state index contributed by atoms with van der Waals surface area (Å²) in [5.74, 6) is -1.84. The molecule has 0 aliphatic carbocycles. The highest BCUT2D eigenvalue weighted by Gasteiger charge is 2.55. The van der Waals surface area contributed by atoms with E-state index < -0.39 is 35.7 Å². The molecule has 1 saturated heterocycles. The molecule has 2 N–H and O–H groups in total. The molecule has 2 aliphatic heterocycles. The minimum absolute atomic E-state index is 0.0796. The van der Waals surface area contributed by atoms with Crippen LogP contribution in [0.15, 0.2) is 72.8 Å². The van der Waals surface area contributed by atoms with E-state index in [9.17, 15) is 23.5 Å². The Balaban J connectivity index is 1.48. The molecule has 0 bridgehead atoms. The lowest BCUT2D eigenvalue weighted by Crippen LogP contribution is -2.71. The van der Waals surface area contributed by atoms with Crippen molar-refractivity contribution in [3.63, 3.8) is 0 Å². The minimum Gasteiger partial charge on any atom is -0.394 e. The van der Waals surface area contributed by atoms with Gasteiger partial charge >= 0.3 is 6.03 Å². The number of carbonyl (C=O) groups is 2. The summed E-state index contributed by atoms with van der Waals surface area (Å²) < 4.78 is 27.9. The number of carbonyl (C=O) groups excluding carboxylic acids is 2. The van der Waals surface area contributed by atoms with E-state index in [1.807, 2.05) is 12.1 Å². The van der Waals surface area contributed by atoms with Crippen LogP contribution >= 0.6 is 0 Å². The van der Waals surface area contributed by atoms with Crippen molar-refractivity contribution < 1.29 is 23.5 Å². The number of benzene rings is 3. The van der Waals surface area contributed by atoms with Gasteiger partial charge < -0.3 is 15.3 Å².